The van der Waals surface area contributed by atoms with Gasteiger partial charge in [0.15, 0.2) is 5.78 Å². The van der Waals surface area contributed by atoms with E-state index in [0.717, 1.165) is 24.2 Å². The van der Waals surface area contributed by atoms with E-state index in [1.165, 1.54) is 7.11 Å². The average molecular weight is 330 g/mol. The van der Waals surface area contributed by atoms with Crippen LogP contribution in [0.25, 0.3) is 0 Å². The molecular weight excluding hydrogens is 308 g/mol. The summed E-state index contributed by atoms with van der Waals surface area (Å²) in [5.41, 5.74) is -0.464. The summed E-state index contributed by atoms with van der Waals surface area (Å²) in [6.07, 6.45) is 3.51. The van der Waals surface area contributed by atoms with Crippen LogP contribution in [-0.2, 0) is 4.79 Å². The summed E-state index contributed by atoms with van der Waals surface area (Å²) in [6, 6.07) is 6.34. The highest BCUT2D eigenvalue weighted by atomic mass is 16.5. The Morgan fingerprint density at radius 2 is 2.08 bits per heavy atom. The summed E-state index contributed by atoms with van der Waals surface area (Å²) in [5.74, 6) is -0.0659. The first-order valence-corrected chi connectivity index (χ1v) is 8.30. The second kappa shape index (κ2) is 6.26. The van der Waals surface area contributed by atoms with Crippen LogP contribution in [0.2, 0.25) is 0 Å². The van der Waals surface area contributed by atoms with Crippen molar-refractivity contribution in [2.45, 2.75) is 38.1 Å². The Bertz CT molecular complexity index is 687. The van der Waals surface area contributed by atoms with Crippen LogP contribution in [0.1, 0.15) is 43.0 Å². The van der Waals surface area contributed by atoms with Gasteiger partial charge in [-0.2, -0.15) is 0 Å². The number of nitrogens with zero attached hydrogens (tertiary/aromatic N) is 1. The Kier molecular flexibility index (Phi) is 4.30. The SMILES string of the molecule is COc1ccccc1C(=O)CN1C(=O)N[C@@]2(CCCC[C@H]2C)C1=O. The van der Waals surface area contributed by atoms with Crippen molar-refractivity contribution >= 4 is 17.7 Å². The fourth-order valence-corrected chi connectivity index (χ4v) is 3.74. The number of urea groups is 1. The third-order valence-electron chi connectivity index (χ3n) is 5.21. The van der Waals surface area contributed by atoms with E-state index in [1.807, 2.05) is 6.92 Å². The van der Waals surface area contributed by atoms with Gasteiger partial charge in [0.05, 0.1) is 19.2 Å². The highest BCUT2D eigenvalue weighted by molar-refractivity contribution is 6.11. The Labute approximate surface area is 141 Å². The van der Waals surface area contributed by atoms with Crippen LogP contribution in [0.4, 0.5) is 4.79 Å². The molecule has 0 aromatic heterocycles. The predicted octanol–water partition coefficient (Wildman–Crippen LogP) is 2.38. The van der Waals surface area contributed by atoms with E-state index >= 15 is 0 Å². The van der Waals surface area contributed by atoms with Gasteiger partial charge < -0.3 is 10.1 Å². The van der Waals surface area contributed by atoms with Crippen LogP contribution in [-0.4, -0.2) is 41.8 Å². The van der Waals surface area contributed by atoms with Gasteiger partial charge >= 0.3 is 6.03 Å². The molecule has 6 heteroatoms. The Balaban J connectivity index is 1.81. The van der Waals surface area contributed by atoms with Crippen molar-refractivity contribution in [2.75, 3.05) is 13.7 Å². The van der Waals surface area contributed by atoms with E-state index in [0.29, 0.717) is 17.7 Å². The largest absolute Gasteiger partial charge is 0.496 e. The number of ether oxygens (including phenoxy) is 1. The smallest absolute Gasteiger partial charge is 0.325 e. The van der Waals surface area contributed by atoms with Gasteiger partial charge in [0.2, 0.25) is 0 Å². The fraction of sp³-hybridized carbons (Fsp3) is 0.500. The lowest BCUT2D eigenvalue weighted by molar-refractivity contribution is -0.133. The minimum Gasteiger partial charge on any atom is -0.496 e. The highest BCUT2D eigenvalue weighted by Crippen LogP contribution is 2.38. The molecule has 0 bridgehead atoms. The summed E-state index contributed by atoms with van der Waals surface area (Å²) < 4.78 is 5.19. The monoisotopic (exact) mass is 330 g/mol. The molecule has 1 heterocycles. The molecule has 6 nitrogen and oxygen atoms in total. The molecule has 1 aliphatic carbocycles. The minimum atomic E-state index is -0.837. The molecule has 2 aliphatic rings. The molecule has 1 saturated heterocycles. The average Bonchev–Trinajstić information content (AvgIpc) is 2.82. The van der Waals surface area contributed by atoms with Gasteiger partial charge in [-0.1, -0.05) is 31.9 Å². The summed E-state index contributed by atoms with van der Waals surface area (Å²) >= 11 is 0. The molecule has 0 radical (unpaired) electrons. The van der Waals surface area contributed by atoms with E-state index in [2.05, 4.69) is 5.32 Å². The van der Waals surface area contributed by atoms with Crippen LogP contribution in [0.15, 0.2) is 24.3 Å². The zero-order valence-corrected chi connectivity index (χ0v) is 14.0. The van der Waals surface area contributed by atoms with Gasteiger partial charge in [0, 0.05) is 0 Å². The topological polar surface area (TPSA) is 75.7 Å². The Morgan fingerprint density at radius 1 is 1.33 bits per heavy atom. The first-order chi connectivity index (χ1) is 11.5. The maximum atomic E-state index is 12.9. The van der Waals surface area contributed by atoms with Crippen molar-refractivity contribution < 1.29 is 19.1 Å². The molecule has 2 atom stereocenters. The van der Waals surface area contributed by atoms with Gasteiger partial charge in [0.25, 0.3) is 5.91 Å². The highest BCUT2D eigenvalue weighted by Gasteiger charge is 2.55. The van der Waals surface area contributed by atoms with Crippen molar-refractivity contribution in [3.63, 3.8) is 0 Å². The second-order valence-corrected chi connectivity index (χ2v) is 6.56. The lowest BCUT2D eigenvalue weighted by Crippen LogP contribution is -2.54. The first kappa shape index (κ1) is 16.5. The summed E-state index contributed by atoms with van der Waals surface area (Å²) in [6.45, 7) is 1.72. The van der Waals surface area contributed by atoms with Crippen molar-refractivity contribution in [1.82, 2.24) is 10.2 Å². The number of amides is 3. The van der Waals surface area contributed by atoms with Gasteiger partial charge in [-0.15, -0.1) is 0 Å². The maximum absolute atomic E-state index is 12.9. The number of rotatable bonds is 4. The molecule has 3 rings (SSSR count). The van der Waals surface area contributed by atoms with Crippen LogP contribution >= 0.6 is 0 Å². The number of carbonyl (C=O) groups excluding carboxylic acids is 3. The molecule has 1 spiro atoms. The molecule has 1 N–H and O–H groups in total. The number of ketones is 1. The molecule has 0 unspecified atom stereocenters. The van der Waals surface area contributed by atoms with Crippen LogP contribution in [0.5, 0.6) is 5.75 Å². The predicted molar refractivity (Wildman–Crippen MR) is 87.9 cm³/mol. The lowest BCUT2D eigenvalue weighted by Gasteiger charge is -2.36. The van der Waals surface area contributed by atoms with E-state index < -0.39 is 11.6 Å². The molecule has 1 aromatic rings. The molecule has 1 saturated carbocycles. The number of Topliss-reactive ketones (excluding diaryl/α,β-unsaturated/α-hetero) is 1. The zero-order valence-electron chi connectivity index (χ0n) is 14.0. The van der Waals surface area contributed by atoms with Crippen molar-refractivity contribution in [3.05, 3.63) is 29.8 Å². The van der Waals surface area contributed by atoms with E-state index in [4.69, 9.17) is 4.74 Å². The number of imide groups is 1. The summed E-state index contributed by atoms with van der Waals surface area (Å²) in [7, 11) is 1.48. The molecule has 24 heavy (non-hydrogen) atoms. The van der Waals surface area contributed by atoms with E-state index in [-0.39, 0.29) is 24.2 Å². The first-order valence-electron chi connectivity index (χ1n) is 8.30. The van der Waals surface area contributed by atoms with Gasteiger partial charge in [-0.3, -0.25) is 14.5 Å². The number of hydrogen-bond donors (Lipinski definition) is 1. The molecule has 2 fully saturated rings. The second-order valence-electron chi connectivity index (χ2n) is 6.56. The van der Waals surface area contributed by atoms with Crippen molar-refractivity contribution in [1.29, 1.82) is 0 Å². The zero-order chi connectivity index (χ0) is 17.3. The van der Waals surface area contributed by atoms with E-state index in [9.17, 15) is 14.4 Å². The van der Waals surface area contributed by atoms with Crippen LogP contribution in [0, 0.1) is 5.92 Å². The summed E-state index contributed by atoms with van der Waals surface area (Å²) in [5, 5.41) is 2.86. The number of nitrogens with one attached hydrogen (secondary N) is 1. The summed E-state index contributed by atoms with van der Waals surface area (Å²) in [4.78, 5) is 38.8. The number of carbonyl (C=O) groups is 3. The lowest BCUT2D eigenvalue weighted by atomic mass is 9.73. The van der Waals surface area contributed by atoms with Crippen molar-refractivity contribution in [2.24, 2.45) is 5.92 Å². The van der Waals surface area contributed by atoms with Gasteiger partial charge in [-0.25, -0.2) is 4.79 Å². The van der Waals surface area contributed by atoms with Crippen LogP contribution in [0.3, 0.4) is 0 Å². The number of benzene rings is 1. The Hall–Kier alpha value is -2.37. The quantitative estimate of drug-likeness (QED) is 0.679. The third-order valence-corrected chi connectivity index (χ3v) is 5.21. The van der Waals surface area contributed by atoms with Crippen LogP contribution < -0.4 is 10.1 Å². The minimum absolute atomic E-state index is 0.0778. The number of para-hydroxylation sites is 1. The Morgan fingerprint density at radius 3 is 2.79 bits per heavy atom. The molecule has 1 aliphatic heterocycles. The molecule has 1 aromatic carbocycles. The standard InChI is InChI=1S/C18H22N2O4/c1-12-7-5-6-10-18(12)16(22)20(17(23)19-18)11-14(21)13-8-3-4-9-15(13)24-2/h3-4,8-9,12H,5-7,10-11H2,1-2H3,(H,19,23)/t12-,18-/m1/s1. The number of hydrogen-bond acceptors (Lipinski definition) is 4. The van der Waals surface area contributed by atoms with Crippen molar-refractivity contribution in [3.8, 4) is 5.75 Å². The maximum Gasteiger partial charge on any atom is 0.325 e. The van der Waals surface area contributed by atoms with Gasteiger partial charge in [0.1, 0.15) is 11.3 Å². The van der Waals surface area contributed by atoms with Gasteiger partial charge in [-0.05, 0) is 30.9 Å². The molecule has 3 amide bonds. The normalized spacial score (nSPS) is 26.6. The molecule has 128 valence electrons. The fourth-order valence-electron chi connectivity index (χ4n) is 3.74. The van der Waals surface area contributed by atoms with E-state index in [1.54, 1.807) is 24.3 Å². The molecular formula is C18H22N2O4. The number of methoxy groups -OCH3 is 1. The third kappa shape index (κ3) is 2.56.